The number of hydrogen-bond acceptors (Lipinski definition) is 7. The fourth-order valence-electron chi connectivity index (χ4n) is 2.58. The molecule has 0 spiro atoms. The Morgan fingerprint density at radius 2 is 1.86 bits per heavy atom. The molecule has 1 amide bonds. The van der Waals surface area contributed by atoms with Crippen LogP contribution in [0.4, 0.5) is 0 Å². The van der Waals surface area contributed by atoms with Crippen LogP contribution in [0.15, 0.2) is 53.7 Å². The van der Waals surface area contributed by atoms with Gasteiger partial charge in [0.15, 0.2) is 11.5 Å². The van der Waals surface area contributed by atoms with Crippen molar-refractivity contribution in [3.05, 3.63) is 54.1 Å². The molecule has 0 fully saturated rings. The van der Waals surface area contributed by atoms with Crippen molar-refractivity contribution in [2.24, 2.45) is 0 Å². The normalized spacial score (nSPS) is 10.5. The third-order valence-corrected chi connectivity index (χ3v) is 4.96. The van der Waals surface area contributed by atoms with Crippen molar-refractivity contribution in [1.29, 1.82) is 0 Å². The Hall–Kier alpha value is -3.07. The van der Waals surface area contributed by atoms with Crippen LogP contribution in [0.2, 0.25) is 0 Å². The van der Waals surface area contributed by atoms with Crippen LogP contribution in [0.1, 0.15) is 5.56 Å². The molecule has 0 saturated heterocycles. The van der Waals surface area contributed by atoms with Gasteiger partial charge in [0.2, 0.25) is 11.1 Å². The highest BCUT2D eigenvalue weighted by Crippen LogP contribution is 2.28. The molecule has 1 aromatic heterocycles. The molecular weight excluding hydrogens is 378 g/mol. The lowest BCUT2D eigenvalue weighted by molar-refractivity contribution is -0.127. The number of rotatable bonds is 8. The maximum atomic E-state index is 12.5. The maximum absolute atomic E-state index is 12.5. The quantitative estimate of drug-likeness (QED) is 0.538. The van der Waals surface area contributed by atoms with Crippen LogP contribution in [-0.4, -0.2) is 58.0 Å². The van der Waals surface area contributed by atoms with E-state index in [0.717, 1.165) is 11.3 Å². The van der Waals surface area contributed by atoms with Gasteiger partial charge in [-0.25, -0.2) is 0 Å². The van der Waals surface area contributed by atoms with Gasteiger partial charge < -0.3 is 14.4 Å². The number of hydrogen-bond donors (Lipinski definition) is 0. The lowest BCUT2D eigenvalue weighted by Crippen LogP contribution is -2.28. The number of tetrazole rings is 1. The molecule has 0 atom stereocenters. The number of carbonyl (C=O) groups is 1. The lowest BCUT2D eigenvalue weighted by atomic mass is 10.2. The van der Waals surface area contributed by atoms with Gasteiger partial charge >= 0.3 is 0 Å². The highest BCUT2D eigenvalue weighted by atomic mass is 32.2. The van der Waals surface area contributed by atoms with Gasteiger partial charge in [0.1, 0.15) is 0 Å². The van der Waals surface area contributed by atoms with Gasteiger partial charge in [0, 0.05) is 13.6 Å². The first-order valence-corrected chi connectivity index (χ1v) is 9.52. The fourth-order valence-corrected chi connectivity index (χ4v) is 3.41. The summed E-state index contributed by atoms with van der Waals surface area (Å²) < 4.78 is 12.2. The van der Waals surface area contributed by atoms with E-state index in [1.54, 1.807) is 30.8 Å². The van der Waals surface area contributed by atoms with Gasteiger partial charge in [-0.1, -0.05) is 36.0 Å². The molecule has 2 aromatic carbocycles. The third kappa shape index (κ3) is 4.61. The average Bonchev–Trinajstić information content (AvgIpc) is 3.21. The van der Waals surface area contributed by atoms with E-state index in [9.17, 15) is 4.79 Å². The second kappa shape index (κ2) is 9.23. The first-order chi connectivity index (χ1) is 13.6. The number of para-hydroxylation sites is 1. The summed E-state index contributed by atoms with van der Waals surface area (Å²) in [7, 11) is 4.94. The molecule has 28 heavy (non-hydrogen) atoms. The topological polar surface area (TPSA) is 82.4 Å². The van der Waals surface area contributed by atoms with Crippen molar-refractivity contribution in [2.75, 3.05) is 27.0 Å². The minimum atomic E-state index is -0.0256. The summed E-state index contributed by atoms with van der Waals surface area (Å²) in [6.45, 7) is 0.462. The van der Waals surface area contributed by atoms with Crippen molar-refractivity contribution >= 4 is 17.7 Å². The molecule has 146 valence electrons. The maximum Gasteiger partial charge on any atom is 0.233 e. The summed E-state index contributed by atoms with van der Waals surface area (Å²) in [6.07, 6.45) is 0. The van der Waals surface area contributed by atoms with E-state index in [-0.39, 0.29) is 11.7 Å². The van der Waals surface area contributed by atoms with Gasteiger partial charge in [-0.3, -0.25) is 4.79 Å². The Balaban J connectivity index is 1.61. The van der Waals surface area contributed by atoms with Crippen LogP contribution < -0.4 is 9.47 Å². The molecule has 9 heteroatoms. The Bertz CT molecular complexity index is 932. The first-order valence-electron chi connectivity index (χ1n) is 8.54. The van der Waals surface area contributed by atoms with E-state index in [1.165, 1.54) is 11.8 Å². The van der Waals surface area contributed by atoms with E-state index < -0.39 is 0 Å². The fraction of sp³-hybridized carbons (Fsp3) is 0.263. The van der Waals surface area contributed by atoms with Crippen LogP contribution in [-0.2, 0) is 11.3 Å². The number of ether oxygens (including phenoxy) is 2. The number of nitrogens with zero attached hydrogens (tertiary/aromatic N) is 5. The van der Waals surface area contributed by atoms with Crippen molar-refractivity contribution in [2.45, 2.75) is 11.7 Å². The molecule has 0 aliphatic carbocycles. The Morgan fingerprint density at radius 1 is 1.11 bits per heavy atom. The molecule has 0 N–H and O–H groups in total. The monoisotopic (exact) mass is 399 g/mol. The number of carbonyl (C=O) groups excluding carboxylic acids is 1. The molecule has 0 unspecified atom stereocenters. The number of benzene rings is 2. The zero-order chi connectivity index (χ0) is 19.9. The Morgan fingerprint density at radius 3 is 2.57 bits per heavy atom. The summed E-state index contributed by atoms with van der Waals surface area (Å²) in [5, 5.41) is 12.3. The van der Waals surface area contributed by atoms with Gasteiger partial charge in [-0.05, 0) is 40.3 Å². The van der Waals surface area contributed by atoms with E-state index in [0.29, 0.717) is 23.2 Å². The molecule has 0 aliphatic rings. The summed E-state index contributed by atoms with van der Waals surface area (Å²) in [5.74, 6) is 1.50. The van der Waals surface area contributed by atoms with Crippen LogP contribution in [0.3, 0.4) is 0 Å². The molecular formula is C19H21N5O3S. The number of methoxy groups -OCH3 is 2. The van der Waals surface area contributed by atoms with Crippen LogP contribution in [0.5, 0.6) is 11.5 Å². The molecule has 0 bridgehead atoms. The Kier molecular flexibility index (Phi) is 6.49. The van der Waals surface area contributed by atoms with Crippen molar-refractivity contribution in [3.8, 4) is 17.2 Å². The summed E-state index contributed by atoms with van der Waals surface area (Å²) in [6, 6.07) is 15.2. The molecule has 0 saturated carbocycles. The van der Waals surface area contributed by atoms with E-state index in [1.807, 2.05) is 48.5 Å². The molecule has 3 aromatic rings. The number of amides is 1. The summed E-state index contributed by atoms with van der Waals surface area (Å²) in [5.41, 5.74) is 1.80. The van der Waals surface area contributed by atoms with Gasteiger partial charge in [-0.2, -0.15) is 4.68 Å². The van der Waals surface area contributed by atoms with E-state index in [4.69, 9.17) is 9.47 Å². The zero-order valence-corrected chi connectivity index (χ0v) is 16.7. The number of thioether (sulfide) groups is 1. The summed E-state index contributed by atoms with van der Waals surface area (Å²) in [4.78, 5) is 14.2. The van der Waals surface area contributed by atoms with Crippen molar-refractivity contribution in [3.63, 3.8) is 0 Å². The van der Waals surface area contributed by atoms with Gasteiger partial charge in [0.05, 0.1) is 25.7 Å². The molecule has 8 nitrogen and oxygen atoms in total. The zero-order valence-electron chi connectivity index (χ0n) is 15.9. The highest BCUT2D eigenvalue weighted by Gasteiger charge is 2.15. The smallest absolute Gasteiger partial charge is 0.233 e. The Labute approximate surface area is 167 Å². The molecule has 0 aliphatic heterocycles. The third-order valence-electron chi connectivity index (χ3n) is 4.06. The van der Waals surface area contributed by atoms with Gasteiger partial charge in [0.25, 0.3) is 0 Å². The second-order valence-electron chi connectivity index (χ2n) is 5.94. The van der Waals surface area contributed by atoms with Crippen molar-refractivity contribution < 1.29 is 14.3 Å². The largest absolute Gasteiger partial charge is 0.493 e. The van der Waals surface area contributed by atoms with Crippen LogP contribution >= 0.6 is 11.8 Å². The molecule has 1 heterocycles. The second-order valence-corrected chi connectivity index (χ2v) is 6.88. The SMILES string of the molecule is COc1ccc(CN(C)C(=O)CSc2nnnn2-c2ccccc2)cc1OC. The molecule has 0 radical (unpaired) electrons. The highest BCUT2D eigenvalue weighted by molar-refractivity contribution is 7.99. The number of aromatic nitrogens is 4. The van der Waals surface area contributed by atoms with E-state index in [2.05, 4.69) is 15.5 Å². The van der Waals surface area contributed by atoms with Crippen LogP contribution in [0.25, 0.3) is 5.69 Å². The van der Waals surface area contributed by atoms with Crippen LogP contribution in [0, 0.1) is 0 Å². The minimum Gasteiger partial charge on any atom is -0.493 e. The predicted octanol–water partition coefficient (Wildman–Crippen LogP) is 2.43. The predicted molar refractivity (Wildman–Crippen MR) is 106 cm³/mol. The molecule has 3 rings (SSSR count). The lowest BCUT2D eigenvalue weighted by Gasteiger charge is -2.18. The van der Waals surface area contributed by atoms with Gasteiger partial charge in [-0.15, -0.1) is 5.10 Å². The van der Waals surface area contributed by atoms with Crippen molar-refractivity contribution in [1.82, 2.24) is 25.1 Å². The average molecular weight is 399 g/mol. The minimum absolute atomic E-state index is 0.0256. The first kappa shape index (κ1) is 19.7. The standard InChI is InChI=1S/C19H21N5O3S/c1-23(12-14-9-10-16(26-2)17(11-14)27-3)18(25)13-28-19-20-21-22-24(19)15-7-5-4-6-8-15/h4-11H,12-13H2,1-3H3. The summed E-state index contributed by atoms with van der Waals surface area (Å²) >= 11 is 1.30. The van der Waals surface area contributed by atoms with E-state index >= 15 is 0 Å².